The van der Waals surface area contributed by atoms with Gasteiger partial charge in [-0.15, -0.1) is 0 Å². The lowest BCUT2D eigenvalue weighted by molar-refractivity contribution is -0.141. The standard InChI is InChI=1S/C11H22N2O4S/c1-3-8-12-18(15,16)13(9-11(14)17-2)10-6-4-5-7-10/h10,12H,3-9H2,1-2H3. The second kappa shape index (κ2) is 7.06. The van der Waals surface area contributed by atoms with Gasteiger partial charge >= 0.3 is 5.97 Å². The van der Waals surface area contributed by atoms with Crippen molar-refractivity contribution in [3.05, 3.63) is 0 Å². The van der Waals surface area contributed by atoms with Gasteiger partial charge in [-0.3, -0.25) is 4.79 Å². The van der Waals surface area contributed by atoms with Gasteiger partial charge < -0.3 is 4.74 Å². The summed E-state index contributed by atoms with van der Waals surface area (Å²) in [5.74, 6) is -0.524. The summed E-state index contributed by atoms with van der Waals surface area (Å²) in [6.07, 6.45) is 4.35. The van der Waals surface area contributed by atoms with E-state index < -0.39 is 16.2 Å². The number of ether oxygens (including phenoxy) is 1. The van der Waals surface area contributed by atoms with Gasteiger partial charge in [-0.2, -0.15) is 12.7 Å². The average molecular weight is 278 g/mol. The number of hydrogen-bond acceptors (Lipinski definition) is 4. The molecule has 106 valence electrons. The molecule has 1 rings (SSSR count). The van der Waals surface area contributed by atoms with Gasteiger partial charge in [0.1, 0.15) is 6.54 Å². The zero-order valence-electron chi connectivity index (χ0n) is 11.0. The van der Waals surface area contributed by atoms with Crippen LogP contribution < -0.4 is 4.72 Å². The van der Waals surface area contributed by atoms with Crippen LogP contribution >= 0.6 is 0 Å². The summed E-state index contributed by atoms with van der Waals surface area (Å²) in [4.78, 5) is 11.3. The highest BCUT2D eigenvalue weighted by Gasteiger charge is 2.33. The van der Waals surface area contributed by atoms with E-state index in [0.29, 0.717) is 6.54 Å². The maximum atomic E-state index is 12.1. The quantitative estimate of drug-likeness (QED) is 0.694. The Morgan fingerprint density at radius 1 is 1.39 bits per heavy atom. The molecule has 1 aliphatic carbocycles. The molecular formula is C11H22N2O4S. The molecule has 0 aromatic heterocycles. The molecule has 0 heterocycles. The van der Waals surface area contributed by atoms with Gasteiger partial charge in [-0.25, -0.2) is 4.72 Å². The Hall–Kier alpha value is -0.660. The van der Waals surface area contributed by atoms with E-state index in [2.05, 4.69) is 9.46 Å². The molecule has 6 nitrogen and oxygen atoms in total. The molecule has 18 heavy (non-hydrogen) atoms. The predicted octanol–water partition coefficient (Wildman–Crippen LogP) is 0.648. The fourth-order valence-corrected chi connectivity index (χ4v) is 3.61. The number of hydrogen-bond donors (Lipinski definition) is 1. The van der Waals surface area contributed by atoms with Gasteiger partial charge in [-0.1, -0.05) is 19.8 Å². The first-order valence-electron chi connectivity index (χ1n) is 6.34. The van der Waals surface area contributed by atoms with Crippen LogP contribution in [0.3, 0.4) is 0 Å². The van der Waals surface area contributed by atoms with Crippen LogP contribution in [0.5, 0.6) is 0 Å². The van der Waals surface area contributed by atoms with Crippen molar-refractivity contribution >= 4 is 16.2 Å². The highest BCUT2D eigenvalue weighted by atomic mass is 32.2. The van der Waals surface area contributed by atoms with E-state index in [0.717, 1.165) is 32.1 Å². The van der Waals surface area contributed by atoms with Crippen LogP contribution in [0.25, 0.3) is 0 Å². The van der Waals surface area contributed by atoms with Crippen LogP contribution in [0.15, 0.2) is 0 Å². The van der Waals surface area contributed by atoms with E-state index in [1.165, 1.54) is 11.4 Å². The predicted molar refractivity (Wildman–Crippen MR) is 68.2 cm³/mol. The first kappa shape index (κ1) is 15.4. The lowest BCUT2D eigenvalue weighted by Gasteiger charge is -2.26. The van der Waals surface area contributed by atoms with E-state index in [1.54, 1.807) is 0 Å². The van der Waals surface area contributed by atoms with Crippen LogP contribution in [0.2, 0.25) is 0 Å². The highest BCUT2D eigenvalue weighted by Crippen LogP contribution is 2.25. The van der Waals surface area contributed by atoms with Gasteiger partial charge in [-0.05, 0) is 19.3 Å². The highest BCUT2D eigenvalue weighted by molar-refractivity contribution is 7.87. The van der Waals surface area contributed by atoms with Crippen LogP contribution in [0, 0.1) is 0 Å². The van der Waals surface area contributed by atoms with Gasteiger partial charge in [0.15, 0.2) is 0 Å². The first-order chi connectivity index (χ1) is 8.51. The Labute approximate surface area is 109 Å². The summed E-state index contributed by atoms with van der Waals surface area (Å²) in [6, 6.07) is -0.0848. The van der Waals surface area contributed by atoms with Crippen molar-refractivity contribution in [2.45, 2.75) is 45.1 Å². The third kappa shape index (κ3) is 4.22. The van der Waals surface area contributed by atoms with E-state index >= 15 is 0 Å². The molecule has 0 aliphatic heterocycles. The molecule has 0 aromatic carbocycles. The molecule has 0 saturated heterocycles. The minimum atomic E-state index is -3.59. The molecule has 1 saturated carbocycles. The Kier molecular flexibility index (Phi) is 6.04. The molecule has 0 spiro atoms. The van der Waals surface area contributed by atoms with Crippen molar-refractivity contribution in [3.8, 4) is 0 Å². The van der Waals surface area contributed by atoms with Crippen LogP contribution in [0.4, 0.5) is 0 Å². The lowest BCUT2D eigenvalue weighted by Crippen LogP contribution is -2.48. The van der Waals surface area contributed by atoms with Crippen molar-refractivity contribution in [3.63, 3.8) is 0 Å². The maximum Gasteiger partial charge on any atom is 0.321 e. The second-order valence-corrected chi connectivity index (χ2v) is 6.17. The third-order valence-electron chi connectivity index (χ3n) is 3.09. The molecule has 1 N–H and O–H groups in total. The van der Waals surface area contributed by atoms with Crippen molar-refractivity contribution in [2.75, 3.05) is 20.2 Å². The van der Waals surface area contributed by atoms with Crippen molar-refractivity contribution in [2.24, 2.45) is 0 Å². The molecule has 0 atom stereocenters. The summed E-state index contributed by atoms with van der Waals surface area (Å²) >= 11 is 0. The summed E-state index contributed by atoms with van der Waals surface area (Å²) in [7, 11) is -2.33. The molecule has 0 amide bonds. The van der Waals surface area contributed by atoms with E-state index in [9.17, 15) is 13.2 Å². The summed E-state index contributed by atoms with van der Waals surface area (Å²) < 4.78 is 32.6. The number of esters is 1. The fourth-order valence-electron chi connectivity index (χ4n) is 2.11. The molecule has 0 bridgehead atoms. The number of carbonyl (C=O) groups excluding carboxylic acids is 1. The fraction of sp³-hybridized carbons (Fsp3) is 0.909. The Bertz CT molecular complexity index is 363. The maximum absolute atomic E-state index is 12.1. The number of carbonyl (C=O) groups is 1. The van der Waals surface area contributed by atoms with E-state index in [-0.39, 0.29) is 12.6 Å². The molecule has 0 radical (unpaired) electrons. The normalized spacial score (nSPS) is 17.3. The van der Waals surface area contributed by atoms with Crippen LogP contribution in [-0.2, 0) is 19.7 Å². The first-order valence-corrected chi connectivity index (χ1v) is 7.78. The van der Waals surface area contributed by atoms with Crippen LogP contribution in [0.1, 0.15) is 39.0 Å². The zero-order chi connectivity index (χ0) is 13.6. The lowest BCUT2D eigenvalue weighted by atomic mass is 10.2. The molecule has 0 unspecified atom stereocenters. The summed E-state index contributed by atoms with van der Waals surface area (Å²) in [5, 5.41) is 0. The largest absolute Gasteiger partial charge is 0.468 e. The smallest absolute Gasteiger partial charge is 0.321 e. The number of rotatable bonds is 7. The van der Waals surface area contributed by atoms with E-state index in [4.69, 9.17) is 0 Å². The minimum absolute atomic E-state index is 0.0848. The van der Waals surface area contributed by atoms with Crippen molar-refractivity contribution < 1.29 is 17.9 Å². The molecule has 7 heteroatoms. The Morgan fingerprint density at radius 3 is 2.50 bits per heavy atom. The molecule has 0 aromatic rings. The SMILES string of the molecule is CCCNS(=O)(=O)N(CC(=O)OC)C1CCCC1. The summed E-state index contributed by atoms with van der Waals surface area (Å²) in [5.41, 5.74) is 0. The summed E-state index contributed by atoms with van der Waals surface area (Å²) in [6.45, 7) is 2.07. The average Bonchev–Trinajstić information content (AvgIpc) is 2.86. The number of methoxy groups -OCH3 is 1. The molecular weight excluding hydrogens is 256 g/mol. The monoisotopic (exact) mass is 278 g/mol. The minimum Gasteiger partial charge on any atom is -0.468 e. The molecule has 1 aliphatic rings. The number of nitrogens with one attached hydrogen (secondary N) is 1. The second-order valence-electron chi connectivity index (χ2n) is 4.46. The zero-order valence-corrected chi connectivity index (χ0v) is 11.8. The van der Waals surface area contributed by atoms with Gasteiger partial charge in [0.25, 0.3) is 10.2 Å². The molecule has 1 fully saturated rings. The van der Waals surface area contributed by atoms with Gasteiger partial charge in [0.05, 0.1) is 7.11 Å². The van der Waals surface area contributed by atoms with Crippen molar-refractivity contribution in [1.29, 1.82) is 0 Å². The third-order valence-corrected chi connectivity index (χ3v) is 4.70. The van der Waals surface area contributed by atoms with E-state index in [1.807, 2.05) is 6.92 Å². The van der Waals surface area contributed by atoms with Gasteiger partial charge in [0, 0.05) is 12.6 Å². The van der Waals surface area contributed by atoms with Crippen molar-refractivity contribution in [1.82, 2.24) is 9.03 Å². The Balaban J connectivity index is 2.78. The van der Waals surface area contributed by atoms with Gasteiger partial charge in [0.2, 0.25) is 0 Å². The Morgan fingerprint density at radius 2 is 2.00 bits per heavy atom. The topological polar surface area (TPSA) is 75.7 Å². The number of nitrogens with zero attached hydrogens (tertiary/aromatic N) is 1. The van der Waals surface area contributed by atoms with Crippen LogP contribution in [-0.4, -0.2) is 44.9 Å².